The number of nitrogens with zero attached hydrogens (tertiary/aromatic N) is 8. The Morgan fingerprint density at radius 1 is 0.639 bits per heavy atom. The van der Waals surface area contributed by atoms with Crippen LogP contribution < -0.4 is 31.2 Å². The number of nitrogens with one attached hydrogen (secondary N) is 3. The van der Waals surface area contributed by atoms with E-state index in [0.29, 0.717) is 98.4 Å². The number of aryl methyl sites for hydroxylation is 2. The van der Waals surface area contributed by atoms with Crippen LogP contribution in [0.2, 0.25) is 10.0 Å². The highest BCUT2D eigenvalue weighted by Gasteiger charge is 2.18. The van der Waals surface area contributed by atoms with Gasteiger partial charge in [-0.05, 0) is 188 Å². The monoisotopic (exact) mass is 1160 g/mol. The average molecular weight is 1160 g/mol. The molecule has 0 bridgehead atoms. The molecule has 0 atom stereocenters. The predicted molar refractivity (Wildman–Crippen MR) is 331 cm³/mol. The highest BCUT2D eigenvalue weighted by atomic mass is 35.5. The highest BCUT2D eigenvalue weighted by Crippen LogP contribution is 2.37. The Hall–Kier alpha value is -8.58. The van der Waals surface area contributed by atoms with Gasteiger partial charge in [-0.25, -0.2) is 0 Å². The number of fused-ring (bicyclic) bond motifs is 2. The first-order valence-electron chi connectivity index (χ1n) is 27.9. The van der Waals surface area contributed by atoms with Crippen molar-refractivity contribution in [2.45, 2.75) is 92.3 Å². The van der Waals surface area contributed by atoms with Gasteiger partial charge in [-0.15, -0.1) is 0 Å². The number of carbonyl (C=O) groups excluding carboxylic acids is 1. The third kappa shape index (κ3) is 18.2. The summed E-state index contributed by atoms with van der Waals surface area (Å²) in [4.78, 5) is 45.0. The van der Waals surface area contributed by atoms with Gasteiger partial charge in [0.05, 0.1) is 55.0 Å². The Morgan fingerprint density at radius 2 is 1.11 bits per heavy atom. The first kappa shape index (κ1) is 62.0. The van der Waals surface area contributed by atoms with Crippen molar-refractivity contribution in [1.82, 2.24) is 29.7 Å². The molecule has 19 heteroatoms. The fourth-order valence-electron chi connectivity index (χ4n) is 9.37. The van der Waals surface area contributed by atoms with Gasteiger partial charge in [0, 0.05) is 71.2 Å². The Labute approximate surface area is 495 Å². The number of benzene rings is 4. The van der Waals surface area contributed by atoms with Crippen LogP contribution in [0.25, 0.3) is 21.8 Å². The fourth-order valence-corrected chi connectivity index (χ4v) is 9.84. The zero-order valence-corrected chi connectivity index (χ0v) is 48.9. The van der Waals surface area contributed by atoms with Gasteiger partial charge in [-0.2, -0.15) is 10.5 Å². The van der Waals surface area contributed by atoms with Crippen LogP contribution in [0.5, 0.6) is 11.5 Å². The molecule has 83 heavy (non-hydrogen) atoms. The number of likely N-dealkylation sites (tertiary alicyclic amines) is 2. The van der Waals surface area contributed by atoms with Gasteiger partial charge in [-0.1, -0.05) is 49.2 Å². The second kappa shape index (κ2) is 31.6. The van der Waals surface area contributed by atoms with Crippen molar-refractivity contribution >= 4 is 91.0 Å². The highest BCUT2D eigenvalue weighted by molar-refractivity contribution is 6.32. The molecule has 0 aliphatic carbocycles. The van der Waals surface area contributed by atoms with Crippen LogP contribution in [-0.4, -0.2) is 86.0 Å². The van der Waals surface area contributed by atoms with Gasteiger partial charge in [0.1, 0.15) is 36.9 Å². The van der Waals surface area contributed by atoms with E-state index < -0.39 is 5.97 Å². The number of amides is 1. The number of carboxylic acids is 1. The molecule has 10 rings (SSSR count). The molecule has 0 radical (unpaired) electrons. The summed E-state index contributed by atoms with van der Waals surface area (Å²) in [5.41, 5.74) is 15.8. The normalized spacial score (nSPS) is 12.8. The average Bonchev–Trinajstić information content (AvgIpc) is 4.15. The summed E-state index contributed by atoms with van der Waals surface area (Å²) < 4.78 is 11.6. The number of anilines is 6. The lowest BCUT2D eigenvalue weighted by Gasteiger charge is -2.16. The van der Waals surface area contributed by atoms with E-state index in [0.717, 1.165) is 77.8 Å². The Bertz CT molecular complexity index is 3550. The van der Waals surface area contributed by atoms with Crippen LogP contribution in [0.4, 0.5) is 34.1 Å². The number of hydrogen-bond donors (Lipinski definition) is 5. The number of nitrogens with two attached hydrogens (primary N) is 1. The van der Waals surface area contributed by atoms with Crippen molar-refractivity contribution in [3.8, 4) is 23.6 Å². The molecule has 430 valence electrons. The molecule has 0 spiro atoms. The van der Waals surface area contributed by atoms with Gasteiger partial charge in [0.2, 0.25) is 5.91 Å². The zero-order chi connectivity index (χ0) is 59.1. The molecule has 0 unspecified atom stereocenters. The molecule has 4 aromatic carbocycles. The summed E-state index contributed by atoms with van der Waals surface area (Å²) in [5, 5.41) is 39.8. The van der Waals surface area contributed by atoms with Crippen molar-refractivity contribution in [2.24, 2.45) is 0 Å². The van der Waals surface area contributed by atoms with Crippen LogP contribution in [0, 0.1) is 36.5 Å². The van der Waals surface area contributed by atoms with Crippen LogP contribution in [0.3, 0.4) is 0 Å². The second-order valence-electron chi connectivity index (χ2n) is 19.7. The van der Waals surface area contributed by atoms with Crippen molar-refractivity contribution in [1.29, 1.82) is 10.5 Å². The minimum Gasteiger partial charge on any atom is -0.486 e. The van der Waals surface area contributed by atoms with Crippen LogP contribution in [0.15, 0.2) is 122 Å². The predicted octanol–water partition coefficient (Wildman–Crippen LogP) is 13.9. The number of halogens is 2. The summed E-state index contributed by atoms with van der Waals surface area (Å²) in [6, 6.07) is 33.9. The van der Waals surface area contributed by atoms with Gasteiger partial charge in [-0.3, -0.25) is 29.5 Å². The molecule has 2 saturated heterocycles. The number of aromatic nitrogens is 4. The van der Waals surface area contributed by atoms with E-state index in [1.54, 1.807) is 49.1 Å². The van der Waals surface area contributed by atoms with Gasteiger partial charge < -0.3 is 46.1 Å². The van der Waals surface area contributed by atoms with E-state index in [-0.39, 0.29) is 5.91 Å². The molecule has 17 nitrogen and oxygen atoms in total. The maximum atomic E-state index is 12.7. The lowest BCUT2D eigenvalue weighted by atomic mass is 10.0. The number of carboxylic acid groups (broad SMARTS) is 1. The third-order valence-corrected chi connectivity index (χ3v) is 14.3. The van der Waals surface area contributed by atoms with E-state index in [1.807, 2.05) is 100 Å². The second-order valence-corrected chi connectivity index (χ2v) is 20.5. The molecule has 6 heterocycles. The standard InChI is InChI=1S/C31H31ClN6O2.C23H18ClN5O.C8H15NO2.C2H6/c1-21-15-28-25(17-27(21)37-30(39)8-6-14-38-12-4-5-13-38)31(22(18-33)19-35-28)36-23-9-10-29(26(32)16-23)40-20-24-7-2-3-11-34-24;1-14-8-21-18(10-20(14)26)23(15(11-25)12-28-21)29-16-5-6-22(19(24)9-16)30-13-17-4-2-3-7-27-17;10-8(11)4-3-7-9-5-1-2-6-9;1-2/h2-3,7,9-11,15-17,19H,4-6,8,12-14,20H2,1H3,(H,35,36)(H,37,39);2-10,12H,13,26H2,1H3,(H,28,29);1-7H2,(H,10,11);1-2H3. The van der Waals surface area contributed by atoms with Crippen LogP contribution in [-0.2, 0) is 22.8 Å². The topological polar surface area (TPSA) is 241 Å². The largest absolute Gasteiger partial charge is 0.486 e. The molecular weight excluding hydrogens is 1090 g/mol. The summed E-state index contributed by atoms with van der Waals surface area (Å²) in [6.45, 7) is 15.0. The SMILES string of the molecule is CC.Cc1cc2ncc(C#N)c(Nc3ccc(OCc4ccccn4)c(Cl)c3)c2cc1N.Cc1cc2ncc(C#N)c(Nc3ccc(OCc4ccccn4)c(Cl)c3)c2cc1NC(=O)CCCN1CCCC1.O=C(O)CCCN1CCCC1. The first-order valence-corrected chi connectivity index (χ1v) is 28.7. The number of aliphatic carboxylic acids is 1. The van der Waals surface area contributed by atoms with Crippen molar-refractivity contribution in [3.05, 3.63) is 166 Å². The minimum absolute atomic E-state index is 0.0198. The van der Waals surface area contributed by atoms with E-state index in [4.69, 9.17) is 43.5 Å². The molecule has 4 aromatic heterocycles. The summed E-state index contributed by atoms with van der Waals surface area (Å²) in [6.07, 6.45) is 14.0. The Morgan fingerprint density at radius 3 is 1.55 bits per heavy atom. The number of pyridine rings is 4. The molecule has 1 amide bonds. The molecule has 2 fully saturated rings. The maximum absolute atomic E-state index is 12.7. The van der Waals surface area contributed by atoms with Crippen LogP contribution in [0.1, 0.15) is 98.9 Å². The molecule has 2 aliphatic heterocycles. The van der Waals surface area contributed by atoms with Gasteiger partial charge in [0.25, 0.3) is 0 Å². The Balaban J connectivity index is 0.000000201. The number of rotatable bonds is 19. The quantitative estimate of drug-likeness (QED) is 0.0473. The fraction of sp³-hybridized carbons (Fsp3) is 0.312. The number of nitriles is 2. The third-order valence-electron chi connectivity index (χ3n) is 13.7. The molecule has 2 aliphatic rings. The summed E-state index contributed by atoms with van der Waals surface area (Å²) in [5.74, 6) is 0.383. The molecule has 6 N–H and O–H groups in total. The lowest BCUT2D eigenvalue weighted by molar-refractivity contribution is -0.137. The number of carbonyl (C=O) groups is 2. The summed E-state index contributed by atoms with van der Waals surface area (Å²) >= 11 is 12.9. The van der Waals surface area contributed by atoms with E-state index >= 15 is 0 Å². The van der Waals surface area contributed by atoms with Gasteiger partial charge >= 0.3 is 5.97 Å². The van der Waals surface area contributed by atoms with Crippen LogP contribution >= 0.6 is 23.2 Å². The first-order chi connectivity index (χ1) is 40.3. The van der Waals surface area contributed by atoms with Crippen molar-refractivity contribution < 1.29 is 24.2 Å². The number of nitrogen functional groups attached to an aromatic ring is 1. The molecule has 8 aromatic rings. The van der Waals surface area contributed by atoms with E-state index in [9.17, 15) is 20.1 Å². The van der Waals surface area contributed by atoms with E-state index in [1.165, 1.54) is 38.8 Å². The van der Waals surface area contributed by atoms with E-state index in [2.05, 4.69) is 57.8 Å². The number of ether oxygens (including phenoxy) is 2. The smallest absolute Gasteiger partial charge is 0.303 e. The maximum Gasteiger partial charge on any atom is 0.303 e. The summed E-state index contributed by atoms with van der Waals surface area (Å²) in [7, 11) is 0. The van der Waals surface area contributed by atoms with Crippen molar-refractivity contribution in [3.63, 3.8) is 0 Å². The molecular formula is C64H70Cl2N12O5. The van der Waals surface area contributed by atoms with Crippen molar-refractivity contribution in [2.75, 3.05) is 61.0 Å². The van der Waals surface area contributed by atoms with Gasteiger partial charge in [0.15, 0.2) is 0 Å². The lowest BCUT2D eigenvalue weighted by Crippen LogP contribution is -2.22. The molecule has 0 saturated carbocycles. The Kier molecular flexibility index (Phi) is 23.6. The number of hydrogen-bond acceptors (Lipinski definition) is 15. The minimum atomic E-state index is -0.677. The zero-order valence-electron chi connectivity index (χ0n) is 47.4.